The number of nitrogens with one attached hydrogen (secondary N) is 1. The third-order valence-electron chi connectivity index (χ3n) is 6.78. The summed E-state index contributed by atoms with van der Waals surface area (Å²) in [7, 11) is 0. The fourth-order valence-corrected chi connectivity index (χ4v) is 6.16. The van der Waals surface area contributed by atoms with E-state index in [-0.39, 0.29) is 36.3 Å². The summed E-state index contributed by atoms with van der Waals surface area (Å²) in [5.41, 5.74) is 0.811. The molecule has 3 fully saturated rings. The molecule has 35 heavy (non-hydrogen) atoms. The Morgan fingerprint density at radius 2 is 1.97 bits per heavy atom. The van der Waals surface area contributed by atoms with Gasteiger partial charge in [-0.15, -0.1) is 4.72 Å². The van der Waals surface area contributed by atoms with Gasteiger partial charge in [0.1, 0.15) is 17.1 Å². The van der Waals surface area contributed by atoms with Gasteiger partial charge in [0, 0.05) is 36.1 Å². The second kappa shape index (κ2) is 10.0. The Balaban J connectivity index is 1.55. The largest absolute Gasteiger partial charge is 0.598 e. The summed E-state index contributed by atoms with van der Waals surface area (Å²) in [5, 5.41) is 0.796. The van der Waals surface area contributed by atoms with Crippen LogP contribution in [0.1, 0.15) is 46.2 Å². The Morgan fingerprint density at radius 1 is 1.34 bits per heavy atom. The minimum absolute atomic E-state index is 0.0335. The van der Waals surface area contributed by atoms with Crippen molar-refractivity contribution in [2.24, 2.45) is 17.8 Å². The average Bonchev–Trinajstić information content (AvgIpc) is 3.08. The van der Waals surface area contributed by atoms with Crippen molar-refractivity contribution in [3.05, 3.63) is 40.4 Å². The predicted molar refractivity (Wildman–Crippen MR) is 138 cm³/mol. The molecule has 1 aliphatic carbocycles. The van der Waals surface area contributed by atoms with Gasteiger partial charge < -0.3 is 23.7 Å². The summed E-state index contributed by atoms with van der Waals surface area (Å²) in [6.45, 7) is 15.0. The fourth-order valence-electron chi connectivity index (χ4n) is 4.96. The molecule has 2 heterocycles. The van der Waals surface area contributed by atoms with Crippen molar-refractivity contribution < 1.29 is 23.6 Å². The molecular weight excluding hydrogens is 511 g/mol. The van der Waals surface area contributed by atoms with Gasteiger partial charge in [0.05, 0.1) is 22.7 Å². The van der Waals surface area contributed by atoms with E-state index in [0.29, 0.717) is 35.5 Å². The van der Waals surface area contributed by atoms with Crippen molar-refractivity contribution in [3.8, 4) is 5.75 Å². The molecule has 0 bridgehead atoms. The van der Waals surface area contributed by atoms with Gasteiger partial charge in [-0.05, 0) is 58.4 Å². The first kappa shape index (κ1) is 27.0. The predicted octanol–water partition coefficient (Wildman–Crippen LogP) is 4.51. The van der Waals surface area contributed by atoms with Crippen molar-refractivity contribution >= 4 is 40.5 Å². The number of hydrogen-bond donors (Lipinski definition) is 1. The molecule has 0 spiro atoms. The Kier molecular flexibility index (Phi) is 7.76. The summed E-state index contributed by atoms with van der Waals surface area (Å²) >= 11 is 11.4. The molecule has 1 aromatic rings. The molecular formula is C25H34Cl2N2O5S. The van der Waals surface area contributed by atoms with E-state index in [1.54, 1.807) is 18.2 Å². The number of benzene rings is 1. The molecule has 1 amide bonds. The first-order valence-electron chi connectivity index (χ1n) is 11.8. The van der Waals surface area contributed by atoms with E-state index in [9.17, 15) is 9.35 Å². The standard InChI is InChI=1S/C25H34Cl2N2O5S/c1-7-8-32-19-10-18(27)17(26)9-14(19)22(28-35(31)24(2,3)4)21-15-11-29(12-16(15)21)23(30)20-13-33-25(5,6)34-20/h7,9-10,15-16,20-22,28H,1,8,11-13H2,2-6H3/t15-,16+,20-,21-,22?,35?/m1/s1. The number of ether oxygens (including phenoxy) is 3. The van der Waals surface area contributed by atoms with Crippen LogP contribution in [0.2, 0.25) is 10.0 Å². The molecule has 2 aliphatic heterocycles. The van der Waals surface area contributed by atoms with Crippen LogP contribution in [0.4, 0.5) is 0 Å². The molecule has 2 unspecified atom stereocenters. The quantitative estimate of drug-likeness (QED) is 0.383. The smallest absolute Gasteiger partial charge is 0.254 e. The van der Waals surface area contributed by atoms with Gasteiger partial charge in [-0.3, -0.25) is 4.79 Å². The molecule has 1 N–H and O–H groups in total. The van der Waals surface area contributed by atoms with Gasteiger partial charge in [-0.25, -0.2) is 0 Å². The number of carbonyl (C=O) groups excluding carboxylic acids is 1. The van der Waals surface area contributed by atoms with Crippen LogP contribution >= 0.6 is 23.2 Å². The lowest BCUT2D eigenvalue weighted by Gasteiger charge is -2.31. The fraction of sp³-hybridized carbons (Fsp3) is 0.640. The first-order chi connectivity index (χ1) is 16.3. The second-order valence-electron chi connectivity index (χ2n) is 10.8. The molecule has 7 nitrogen and oxygen atoms in total. The summed E-state index contributed by atoms with van der Waals surface area (Å²) in [6, 6.07) is 3.22. The molecule has 0 radical (unpaired) electrons. The lowest BCUT2D eigenvalue weighted by atomic mass is 9.99. The lowest BCUT2D eigenvalue weighted by molar-refractivity contribution is -0.160. The molecule has 1 saturated carbocycles. The minimum Gasteiger partial charge on any atom is -0.598 e. The number of nitrogens with zero attached hydrogens (tertiary/aromatic N) is 1. The highest BCUT2D eigenvalue weighted by Gasteiger charge is 2.62. The van der Waals surface area contributed by atoms with E-state index in [2.05, 4.69) is 11.3 Å². The van der Waals surface area contributed by atoms with Crippen LogP contribution in [0, 0.1) is 17.8 Å². The number of likely N-dealkylation sites (tertiary alicyclic amines) is 1. The average molecular weight is 546 g/mol. The first-order valence-corrected chi connectivity index (χ1v) is 13.7. The number of rotatable bonds is 8. The zero-order valence-corrected chi connectivity index (χ0v) is 23.1. The van der Waals surface area contributed by atoms with Gasteiger partial charge in [-0.1, -0.05) is 35.9 Å². The van der Waals surface area contributed by atoms with Crippen molar-refractivity contribution in [2.75, 3.05) is 26.3 Å². The van der Waals surface area contributed by atoms with Crippen molar-refractivity contribution in [2.45, 2.75) is 57.3 Å². The highest BCUT2D eigenvalue weighted by Crippen LogP contribution is 2.59. The Labute approximate surface area is 220 Å². The van der Waals surface area contributed by atoms with Crippen molar-refractivity contribution in [1.29, 1.82) is 0 Å². The van der Waals surface area contributed by atoms with E-state index in [0.717, 1.165) is 5.56 Å². The topological polar surface area (TPSA) is 83.1 Å². The van der Waals surface area contributed by atoms with Gasteiger partial charge in [0.25, 0.3) is 5.91 Å². The van der Waals surface area contributed by atoms with Gasteiger partial charge in [0.2, 0.25) is 0 Å². The third-order valence-corrected chi connectivity index (χ3v) is 9.08. The summed E-state index contributed by atoms with van der Waals surface area (Å²) < 4.78 is 33.3. The van der Waals surface area contributed by atoms with Crippen LogP contribution in [0.25, 0.3) is 0 Å². The Morgan fingerprint density at radius 3 is 2.51 bits per heavy atom. The second-order valence-corrected chi connectivity index (χ2v) is 13.7. The van der Waals surface area contributed by atoms with Gasteiger partial charge in [0.15, 0.2) is 11.9 Å². The number of piperidine rings is 1. The molecule has 0 aromatic heterocycles. The van der Waals surface area contributed by atoms with E-state index >= 15 is 0 Å². The molecule has 4 rings (SSSR count). The molecule has 194 valence electrons. The summed E-state index contributed by atoms with van der Waals surface area (Å²) in [4.78, 5) is 14.9. The summed E-state index contributed by atoms with van der Waals surface area (Å²) in [5.74, 6) is 0.516. The maximum atomic E-state index is 13.2. The maximum Gasteiger partial charge on any atom is 0.254 e. The maximum absolute atomic E-state index is 13.2. The monoisotopic (exact) mass is 544 g/mol. The zero-order valence-electron chi connectivity index (χ0n) is 20.8. The molecule has 1 aromatic carbocycles. The molecule has 10 heteroatoms. The lowest BCUT2D eigenvalue weighted by Crippen LogP contribution is -2.44. The van der Waals surface area contributed by atoms with E-state index in [1.165, 1.54) is 0 Å². The van der Waals surface area contributed by atoms with Gasteiger partial charge >= 0.3 is 0 Å². The van der Waals surface area contributed by atoms with Crippen LogP contribution in [0.5, 0.6) is 5.75 Å². The zero-order chi connectivity index (χ0) is 25.7. The highest BCUT2D eigenvalue weighted by molar-refractivity contribution is 7.90. The number of carbonyl (C=O) groups is 1. The van der Waals surface area contributed by atoms with Crippen LogP contribution in [-0.4, -0.2) is 58.3 Å². The molecule has 3 aliphatic rings. The van der Waals surface area contributed by atoms with E-state index in [4.69, 9.17) is 37.4 Å². The van der Waals surface area contributed by atoms with Crippen molar-refractivity contribution in [3.63, 3.8) is 0 Å². The Hall–Kier alpha value is -1.00. The number of halogens is 2. The highest BCUT2D eigenvalue weighted by atomic mass is 35.5. The molecule has 2 saturated heterocycles. The minimum atomic E-state index is -1.33. The third kappa shape index (κ3) is 5.79. The number of amides is 1. The number of fused-ring (bicyclic) bond motifs is 1. The van der Waals surface area contributed by atoms with E-state index < -0.39 is 28.0 Å². The SMILES string of the molecule is C=CCOc1cc(Cl)c(Cl)cc1C(N[S+]([O-])C(C)(C)C)[C@@H]1[C@@H]2CN(C(=O)[C@H]3COC(C)(C)O3)C[C@@H]21. The number of hydrogen-bond acceptors (Lipinski definition) is 6. The van der Waals surface area contributed by atoms with Crippen LogP contribution < -0.4 is 9.46 Å². The summed E-state index contributed by atoms with van der Waals surface area (Å²) in [6.07, 6.45) is 1.09. The Bertz CT molecular complexity index is 973. The van der Waals surface area contributed by atoms with Gasteiger partial charge in [-0.2, -0.15) is 0 Å². The van der Waals surface area contributed by atoms with E-state index in [1.807, 2.05) is 39.5 Å². The van der Waals surface area contributed by atoms with Crippen molar-refractivity contribution in [1.82, 2.24) is 9.62 Å². The van der Waals surface area contributed by atoms with Crippen LogP contribution in [-0.2, 0) is 25.6 Å². The van der Waals surface area contributed by atoms with Crippen LogP contribution in [0.15, 0.2) is 24.8 Å². The van der Waals surface area contributed by atoms with Crippen LogP contribution in [0.3, 0.4) is 0 Å². The molecule has 6 atom stereocenters. The normalized spacial score (nSPS) is 29.0.